The lowest BCUT2D eigenvalue weighted by Gasteiger charge is -2.33. The fourth-order valence-corrected chi connectivity index (χ4v) is 5.49. The molecule has 4 aromatic rings. The molecule has 6 rings (SSSR count). The Hall–Kier alpha value is -4.32. The van der Waals surface area contributed by atoms with Crippen molar-refractivity contribution in [1.82, 2.24) is 21.0 Å². The largest absolute Gasteiger partial charge is 0.376 e. The second-order valence-electron chi connectivity index (χ2n) is 11.8. The summed E-state index contributed by atoms with van der Waals surface area (Å²) in [6.07, 6.45) is 5.54. The topological polar surface area (TPSA) is 88.0 Å². The van der Waals surface area contributed by atoms with E-state index < -0.39 is 6.02 Å². The number of rotatable bonds is 8. The average Bonchev–Trinajstić information content (AvgIpc) is 3.71. The molecule has 1 fully saturated rings. The molecule has 1 aliphatic carbocycles. The molecule has 214 valence electrons. The standard InChI is InChI=1S/C33H33ClFN7/c1-33(2,3)32(21-7-5-4-6-8-21)39-29-22(17-36)18-37-31-26(29)15-24(16-27(31)34)38-30(20-9-11-23(35)12-10-20)28-19-42(41-40-28)25-13-14-25/h4-12,15-16,18-19,25,30,32,38,40-41H,13-14H2,1-3H3,(H,37,39)/i30D. The van der Waals surface area contributed by atoms with E-state index in [1.165, 1.54) is 18.3 Å². The summed E-state index contributed by atoms with van der Waals surface area (Å²) >= 11 is 6.83. The molecule has 0 bridgehead atoms. The van der Waals surface area contributed by atoms with E-state index in [0.717, 1.165) is 18.4 Å². The van der Waals surface area contributed by atoms with Crippen molar-refractivity contribution < 1.29 is 5.76 Å². The van der Waals surface area contributed by atoms with Crippen molar-refractivity contribution in [2.24, 2.45) is 5.41 Å². The SMILES string of the molecule is [2H]C(Nc1cc(Cl)c2ncc(C#N)c(NC(c3ccccc3)C(C)(C)C)c2c1)(C1=CN(C2CC2)NN1)c1ccc(F)cc1. The molecule has 1 saturated carbocycles. The van der Waals surface area contributed by atoms with Crippen LogP contribution in [-0.4, -0.2) is 16.0 Å². The predicted molar refractivity (Wildman–Crippen MR) is 166 cm³/mol. The van der Waals surface area contributed by atoms with Gasteiger partial charge in [0.25, 0.3) is 0 Å². The molecule has 7 nitrogen and oxygen atoms in total. The summed E-state index contributed by atoms with van der Waals surface area (Å²) in [7, 11) is 0. The zero-order valence-electron chi connectivity index (χ0n) is 24.7. The number of halogens is 2. The highest BCUT2D eigenvalue weighted by Crippen LogP contribution is 2.41. The Morgan fingerprint density at radius 3 is 2.50 bits per heavy atom. The van der Waals surface area contributed by atoms with Gasteiger partial charge in [0, 0.05) is 29.5 Å². The normalized spacial score (nSPS) is 17.5. The first-order valence-corrected chi connectivity index (χ1v) is 14.3. The van der Waals surface area contributed by atoms with Crippen molar-refractivity contribution in [3.63, 3.8) is 0 Å². The van der Waals surface area contributed by atoms with Gasteiger partial charge in [0.1, 0.15) is 11.9 Å². The third-order valence-electron chi connectivity index (χ3n) is 7.53. The molecule has 2 aliphatic rings. The number of nitriles is 1. The van der Waals surface area contributed by atoms with Crippen LogP contribution in [0.25, 0.3) is 10.9 Å². The number of hydrazine groups is 2. The third kappa shape index (κ3) is 5.71. The summed E-state index contributed by atoms with van der Waals surface area (Å²) in [5.41, 5.74) is 10.3. The molecule has 4 N–H and O–H groups in total. The molecule has 9 heteroatoms. The highest BCUT2D eigenvalue weighted by atomic mass is 35.5. The van der Waals surface area contributed by atoms with Crippen molar-refractivity contribution in [1.29, 1.82) is 5.26 Å². The van der Waals surface area contributed by atoms with Crippen molar-refractivity contribution in [3.8, 4) is 6.07 Å². The van der Waals surface area contributed by atoms with E-state index in [1.54, 1.807) is 18.2 Å². The summed E-state index contributed by atoms with van der Waals surface area (Å²) < 4.78 is 23.6. The Balaban J connectivity index is 1.46. The molecule has 1 aromatic heterocycles. The van der Waals surface area contributed by atoms with Crippen molar-refractivity contribution in [2.45, 2.75) is 51.7 Å². The van der Waals surface area contributed by atoms with Crippen LogP contribution in [0.4, 0.5) is 15.8 Å². The monoisotopic (exact) mass is 582 g/mol. The summed E-state index contributed by atoms with van der Waals surface area (Å²) in [6.45, 7) is 6.43. The van der Waals surface area contributed by atoms with Gasteiger partial charge < -0.3 is 16.1 Å². The van der Waals surface area contributed by atoms with Gasteiger partial charge in [-0.2, -0.15) is 5.26 Å². The second-order valence-corrected chi connectivity index (χ2v) is 12.2. The highest BCUT2D eigenvalue weighted by molar-refractivity contribution is 6.35. The van der Waals surface area contributed by atoms with Crippen molar-refractivity contribution in [2.75, 3.05) is 10.6 Å². The molecule has 2 heterocycles. The van der Waals surface area contributed by atoms with Gasteiger partial charge in [0.15, 0.2) is 0 Å². The maximum absolute atomic E-state index is 13.9. The summed E-state index contributed by atoms with van der Waals surface area (Å²) in [4.78, 5) is 4.52. The molecule has 0 radical (unpaired) electrons. The molecule has 42 heavy (non-hydrogen) atoms. The van der Waals surface area contributed by atoms with Crippen LogP contribution in [0.1, 0.15) is 63.7 Å². The van der Waals surface area contributed by atoms with Gasteiger partial charge in [0.05, 0.1) is 40.9 Å². The van der Waals surface area contributed by atoms with Crippen LogP contribution in [0.3, 0.4) is 0 Å². The van der Waals surface area contributed by atoms with Gasteiger partial charge in [-0.05, 0) is 53.6 Å². The minimum Gasteiger partial charge on any atom is -0.376 e. The first-order chi connectivity index (χ1) is 20.6. The first-order valence-electron chi connectivity index (χ1n) is 14.5. The third-order valence-corrected chi connectivity index (χ3v) is 7.82. The van der Waals surface area contributed by atoms with Crippen LogP contribution in [0.2, 0.25) is 5.02 Å². The lowest BCUT2D eigenvalue weighted by atomic mass is 9.82. The Morgan fingerprint density at radius 1 is 1.10 bits per heavy atom. The minimum atomic E-state index is -1.53. The quantitative estimate of drug-likeness (QED) is 0.170. The summed E-state index contributed by atoms with van der Waals surface area (Å²) in [5.74, 6) is -0.386. The fraction of sp³-hybridized carbons (Fsp3) is 0.273. The molecule has 2 atom stereocenters. The average molecular weight is 583 g/mol. The van der Waals surface area contributed by atoms with E-state index in [9.17, 15) is 11.0 Å². The molecular weight excluding hydrogens is 549 g/mol. The van der Waals surface area contributed by atoms with E-state index >= 15 is 0 Å². The van der Waals surface area contributed by atoms with Gasteiger partial charge in [-0.25, -0.2) is 4.39 Å². The van der Waals surface area contributed by atoms with Gasteiger partial charge in [-0.15, -0.1) is 5.53 Å². The van der Waals surface area contributed by atoms with Gasteiger partial charge in [-0.3, -0.25) is 9.99 Å². The zero-order chi connectivity index (χ0) is 30.4. The zero-order valence-corrected chi connectivity index (χ0v) is 24.4. The molecule has 0 amide bonds. The Morgan fingerprint density at radius 2 is 1.83 bits per heavy atom. The number of fused-ring (bicyclic) bond motifs is 1. The number of hydrogen-bond acceptors (Lipinski definition) is 7. The van der Waals surface area contributed by atoms with Crippen LogP contribution < -0.4 is 21.6 Å². The van der Waals surface area contributed by atoms with Crippen LogP contribution in [0.5, 0.6) is 0 Å². The number of nitrogens with one attached hydrogen (secondary N) is 4. The molecular formula is C33H33ClFN7. The lowest BCUT2D eigenvalue weighted by Crippen LogP contribution is -2.38. The summed E-state index contributed by atoms with van der Waals surface area (Å²) in [6, 6.07) is 20.5. The van der Waals surface area contributed by atoms with Crippen LogP contribution >= 0.6 is 11.6 Å². The summed E-state index contributed by atoms with van der Waals surface area (Å²) in [5, 5.41) is 20.1. The second kappa shape index (κ2) is 11.2. The molecule has 2 unspecified atom stereocenters. The first kappa shape index (κ1) is 26.6. The van der Waals surface area contributed by atoms with Gasteiger partial charge in [-0.1, -0.05) is 74.8 Å². The molecule has 0 spiro atoms. The maximum Gasteiger partial charge on any atom is 0.123 e. The van der Waals surface area contributed by atoms with E-state index in [0.29, 0.717) is 50.2 Å². The maximum atomic E-state index is 13.9. The molecule has 0 saturated heterocycles. The number of pyridine rings is 1. The van der Waals surface area contributed by atoms with Crippen LogP contribution in [0, 0.1) is 22.6 Å². The smallest absolute Gasteiger partial charge is 0.123 e. The van der Waals surface area contributed by atoms with Crippen molar-refractivity contribution >= 4 is 33.9 Å². The number of hydrogen-bond donors (Lipinski definition) is 4. The molecule has 1 aliphatic heterocycles. The lowest BCUT2D eigenvalue weighted by molar-refractivity contribution is 0.260. The number of nitrogens with zero attached hydrogens (tertiary/aromatic N) is 3. The predicted octanol–water partition coefficient (Wildman–Crippen LogP) is 7.58. The van der Waals surface area contributed by atoms with E-state index in [1.807, 2.05) is 35.5 Å². The number of anilines is 2. The van der Waals surface area contributed by atoms with Gasteiger partial charge >= 0.3 is 0 Å². The fourth-order valence-electron chi connectivity index (χ4n) is 5.22. The van der Waals surface area contributed by atoms with E-state index in [2.05, 4.69) is 65.6 Å². The van der Waals surface area contributed by atoms with Crippen molar-refractivity contribution in [3.05, 3.63) is 112 Å². The Bertz CT molecular complexity index is 1730. The van der Waals surface area contributed by atoms with Crippen LogP contribution in [-0.2, 0) is 0 Å². The van der Waals surface area contributed by atoms with E-state index in [-0.39, 0.29) is 17.3 Å². The number of benzene rings is 3. The Kier molecular flexibility index (Phi) is 7.06. The van der Waals surface area contributed by atoms with E-state index in [4.69, 9.17) is 11.6 Å². The van der Waals surface area contributed by atoms with Gasteiger partial charge in [0.2, 0.25) is 0 Å². The Labute approximate surface area is 251 Å². The van der Waals surface area contributed by atoms with Crippen LogP contribution in [0.15, 0.2) is 84.8 Å². The number of aromatic nitrogens is 1. The minimum absolute atomic E-state index is 0.136. The highest BCUT2D eigenvalue weighted by Gasteiger charge is 2.32. The molecule has 3 aromatic carbocycles.